The Morgan fingerprint density at radius 1 is 0.944 bits per heavy atom. The van der Waals surface area contributed by atoms with Crippen LogP contribution < -0.4 is 9.47 Å². The first-order valence-electron chi connectivity index (χ1n) is 5.63. The van der Waals surface area contributed by atoms with Crippen LogP contribution in [0, 0.1) is 0 Å². The molecule has 0 aliphatic carbocycles. The van der Waals surface area contributed by atoms with Gasteiger partial charge in [-0.15, -0.1) is 0 Å². The monoisotopic (exact) mass is 241 g/mol. The van der Waals surface area contributed by atoms with E-state index in [9.17, 15) is 0 Å². The molecule has 0 saturated carbocycles. The largest absolute Gasteiger partial charge is 0.493 e. The lowest BCUT2D eigenvalue weighted by atomic mass is 10.1. The van der Waals surface area contributed by atoms with Crippen molar-refractivity contribution in [2.75, 3.05) is 14.2 Å². The number of rotatable bonds is 4. The first kappa shape index (κ1) is 12.2. The summed E-state index contributed by atoms with van der Waals surface area (Å²) in [6.45, 7) is 0. The van der Waals surface area contributed by atoms with Gasteiger partial charge in [0.05, 0.1) is 14.2 Å². The van der Waals surface area contributed by atoms with Crippen LogP contribution in [0.4, 0.5) is 0 Å². The Labute approximate surface area is 107 Å². The highest BCUT2D eigenvalue weighted by molar-refractivity contribution is 5.70. The number of ether oxygens (including phenoxy) is 2. The standard InChI is InChI=1S/C15H15NO2/c1-17-14-8-7-12(10-15(14)18-2)5-6-13-4-3-9-16-11-13/h3-11H,1-2H3/b6-5-. The summed E-state index contributed by atoms with van der Waals surface area (Å²) in [6.07, 6.45) is 7.60. The van der Waals surface area contributed by atoms with Crippen molar-refractivity contribution >= 4 is 12.2 Å². The van der Waals surface area contributed by atoms with E-state index >= 15 is 0 Å². The third kappa shape index (κ3) is 2.88. The number of hydrogen-bond donors (Lipinski definition) is 0. The summed E-state index contributed by atoms with van der Waals surface area (Å²) in [5.74, 6) is 1.46. The maximum absolute atomic E-state index is 5.26. The molecule has 3 nitrogen and oxygen atoms in total. The highest BCUT2D eigenvalue weighted by atomic mass is 16.5. The average Bonchev–Trinajstić information content (AvgIpc) is 2.45. The average molecular weight is 241 g/mol. The van der Waals surface area contributed by atoms with Gasteiger partial charge in [0.25, 0.3) is 0 Å². The van der Waals surface area contributed by atoms with Crippen LogP contribution in [0.25, 0.3) is 12.2 Å². The maximum atomic E-state index is 5.26. The molecule has 92 valence electrons. The van der Waals surface area contributed by atoms with E-state index < -0.39 is 0 Å². The molecule has 2 rings (SSSR count). The fourth-order valence-electron chi connectivity index (χ4n) is 1.62. The molecule has 0 aliphatic heterocycles. The van der Waals surface area contributed by atoms with Crippen molar-refractivity contribution in [3.05, 3.63) is 53.9 Å². The van der Waals surface area contributed by atoms with E-state index in [4.69, 9.17) is 9.47 Å². The lowest BCUT2D eigenvalue weighted by molar-refractivity contribution is 0.355. The number of hydrogen-bond acceptors (Lipinski definition) is 3. The highest BCUT2D eigenvalue weighted by Gasteiger charge is 2.02. The smallest absolute Gasteiger partial charge is 0.161 e. The van der Waals surface area contributed by atoms with Gasteiger partial charge in [-0.05, 0) is 29.3 Å². The molecule has 0 fully saturated rings. The second-order valence-electron chi connectivity index (χ2n) is 3.73. The summed E-state index contributed by atoms with van der Waals surface area (Å²) in [5.41, 5.74) is 2.11. The van der Waals surface area contributed by atoms with E-state index in [1.807, 2.05) is 48.7 Å². The first-order valence-corrected chi connectivity index (χ1v) is 5.63. The Balaban J connectivity index is 2.22. The van der Waals surface area contributed by atoms with E-state index in [2.05, 4.69) is 4.98 Å². The molecule has 0 N–H and O–H groups in total. The Hall–Kier alpha value is -2.29. The molecule has 0 saturated heterocycles. The van der Waals surface area contributed by atoms with Gasteiger partial charge in [0.15, 0.2) is 11.5 Å². The van der Waals surface area contributed by atoms with Crippen molar-refractivity contribution in [2.24, 2.45) is 0 Å². The summed E-state index contributed by atoms with van der Waals surface area (Å²) in [5, 5.41) is 0. The fourth-order valence-corrected chi connectivity index (χ4v) is 1.62. The van der Waals surface area contributed by atoms with Gasteiger partial charge in [0.1, 0.15) is 0 Å². The Morgan fingerprint density at radius 2 is 1.72 bits per heavy atom. The molecule has 2 aromatic rings. The van der Waals surface area contributed by atoms with Crippen molar-refractivity contribution < 1.29 is 9.47 Å². The van der Waals surface area contributed by atoms with Crippen LogP contribution in [0.2, 0.25) is 0 Å². The van der Waals surface area contributed by atoms with E-state index in [1.54, 1.807) is 20.4 Å². The molecule has 0 atom stereocenters. The summed E-state index contributed by atoms with van der Waals surface area (Å²) in [6, 6.07) is 9.72. The van der Waals surface area contributed by atoms with Crippen molar-refractivity contribution in [3.63, 3.8) is 0 Å². The molecular weight excluding hydrogens is 226 g/mol. The molecule has 3 heteroatoms. The second kappa shape index (κ2) is 5.87. The minimum Gasteiger partial charge on any atom is -0.493 e. The zero-order chi connectivity index (χ0) is 12.8. The third-order valence-corrected chi connectivity index (χ3v) is 2.56. The highest BCUT2D eigenvalue weighted by Crippen LogP contribution is 2.28. The molecule has 0 spiro atoms. The molecule has 0 bridgehead atoms. The number of nitrogens with zero attached hydrogens (tertiary/aromatic N) is 1. The van der Waals surface area contributed by atoms with Crippen LogP contribution in [0.5, 0.6) is 11.5 Å². The zero-order valence-electron chi connectivity index (χ0n) is 10.5. The van der Waals surface area contributed by atoms with E-state index in [0.29, 0.717) is 0 Å². The fraction of sp³-hybridized carbons (Fsp3) is 0.133. The quantitative estimate of drug-likeness (QED) is 0.823. The van der Waals surface area contributed by atoms with Gasteiger partial charge in [-0.1, -0.05) is 24.3 Å². The number of pyridine rings is 1. The van der Waals surface area contributed by atoms with Gasteiger partial charge in [-0.2, -0.15) is 0 Å². The SMILES string of the molecule is COc1ccc(/C=C\c2cccnc2)cc1OC. The van der Waals surface area contributed by atoms with Gasteiger partial charge < -0.3 is 9.47 Å². The van der Waals surface area contributed by atoms with Crippen LogP contribution >= 0.6 is 0 Å². The summed E-state index contributed by atoms with van der Waals surface area (Å²) in [4.78, 5) is 4.06. The predicted octanol–water partition coefficient (Wildman–Crippen LogP) is 3.27. The van der Waals surface area contributed by atoms with Crippen LogP contribution in [-0.2, 0) is 0 Å². The third-order valence-electron chi connectivity index (χ3n) is 2.56. The maximum Gasteiger partial charge on any atom is 0.161 e. The molecule has 0 unspecified atom stereocenters. The van der Waals surface area contributed by atoms with Crippen LogP contribution in [0.1, 0.15) is 11.1 Å². The van der Waals surface area contributed by atoms with Crippen LogP contribution in [0.3, 0.4) is 0 Å². The minimum absolute atomic E-state index is 0.728. The van der Waals surface area contributed by atoms with Crippen molar-refractivity contribution in [2.45, 2.75) is 0 Å². The summed E-state index contributed by atoms with van der Waals surface area (Å²) in [7, 11) is 3.26. The van der Waals surface area contributed by atoms with E-state index in [0.717, 1.165) is 22.6 Å². The van der Waals surface area contributed by atoms with Crippen molar-refractivity contribution in [3.8, 4) is 11.5 Å². The minimum atomic E-state index is 0.728. The van der Waals surface area contributed by atoms with E-state index in [-0.39, 0.29) is 0 Å². The molecule has 0 radical (unpaired) electrons. The molecule has 18 heavy (non-hydrogen) atoms. The molecule has 1 aromatic heterocycles. The van der Waals surface area contributed by atoms with Gasteiger partial charge >= 0.3 is 0 Å². The van der Waals surface area contributed by atoms with Crippen LogP contribution in [-0.4, -0.2) is 19.2 Å². The van der Waals surface area contributed by atoms with Gasteiger partial charge in [-0.3, -0.25) is 4.98 Å². The topological polar surface area (TPSA) is 31.4 Å². The number of benzene rings is 1. The predicted molar refractivity (Wildman–Crippen MR) is 72.7 cm³/mol. The lowest BCUT2D eigenvalue weighted by Crippen LogP contribution is -1.90. The van der Waals surface area contributed by atoms with Gasteiger partial charge in [0.2, 0.25) is 0 Å². The van der Waals surface area contributed by atoms with Crippen LogP contribution in [0.15, 0.2) is 42.7 Å². The molecule has 1 aromatic carbocycles. The molecule has 0 aliphatic rings. The van der Waals surface area contributed by atoms with E-state index in [1.165, 1.54) is 0 Å². The number of methoxy groups -OCH3 is 2. The lowest BCUT2D eigenvalue weighted by Gasteiger charge is -2.07. The molecule has 1 heterocycles. The van der Waals surface area contributed by atoms with Crippen molar-refractivity contribution in [1.82, 2.24) is 4.98 Å². The van der Waals surface area contributed by atoms with Crippen molar-refractivity contribution in [1.29, 1.82) is 0 Å². The summed E-state index contributed by atoms with van der Waals surface area (Å²) >= 11 is 0. The number of aromatic nitrogens is 1. The van der Waals surface area contributed by atoms with Gasteiger partial charge in [-0.25, -0.2) is 0 Å². The Bertz CT molecular complexity index is 535. The van der Waals surface area contributed by atoms with Gasteiger partial charge in [0, 0.05) is 12.4 Å². The normalized spacial score (nSPS) is 10.6. The Kier molecular flexibility index (Phi) is 3.97. The molecule has 0 amide bonds. The zero-order valence-corrected chi connectivity index (χ0v) is 10.5. The second-order valence-corrected chi connectivity index (χ2v) is 3.73. The summed E-state index contributed by atoms with van der Waals surface area (Å²) < 4.78 is 10.5. The molecular formula is C15H15NO2. The first-order chi connectivity index (χ1) is 8.83. The Morgan fingerprint density at radius 3 is 2.39 bits per heavy atom.